The van der Waals surface area contributed by atoms with Gasteiger partial charge in [-0.25, -0.2) is 14.2 Å². The molecule has 1 aliphatic rings. The number of halogens is 1. The van der Waals surface area contributed by atoms with Crippen LogP contribution < -0.4 is 15.1 Å². The molecule has 0 saturated carbocycles. The second-order valence-electron chi connectivity index (χ2n) is 7.36. The number of rotatable bonds is 11. The highest BCUT2D eigenvalue weighted by atomic mass is 19.1. The molecule has 0 aliphatic carbocycles. The molecule has 33 heavy (non-hydrogen) atoms. The SMILES string of the molecule is C=NN(/C=C\C)CC1CN(c2ccc(-c3ccc(N(C=N)CCNC)nc3)c(F)c2)C(=O)O1. The number of anilines is 2. The Morgan fingerprint density at radius 3 is 2.85 bits per heavy atom. The zero-order valence-corrected chi connectivity index (χ0v) is 18.7. The van der Waals surface area contributed by atoms with Crippen molar-refractivity contribution in [3.8, 4) is 11.1 Å². The number of amides is 1. The van der Waals surface area contributed by atoms with Gasteiger partial charge in [-0.05, 0) is 44.3 Å². The molecular weight excluding hydrogens is 425 g/mol. The van der Waals surface area contributed by atoms with Crippen LogP contribution in [-0.2, 0) is 4.74 Å². The zero-order chi connectivity index (χ0) is 23.8. The lowest BCUT2D eigenvalue weighted by atomic mass is 10.1. The molecule has 9 nitrogen and oxygen atoms in total. The lowest BCUT2D eigenvalue weighted by Crippen LogP contribution is -2.29. The van der Waals surface area contributed by atoms with Crippen molar-refractivity contribution in [1.82, 2.24) is 15.3 Å². The van der Waals surface area contributed by atoms with Crippen LogP contribution in [0.5, 0.6) is 0 Å². The summed E-state index contributed by atoms with van der Waals surface area (Å²) in [5, 5.41) is 16.0. The summed E-state index contributed by atoms with van der Waals surface area (Å²) < 4.78 is 20.4. The van der Waals surface area contributed by atoms with Crippen LogP contribution in [0.4, 0.5) is 20.7 Å². The smallest absolute Gasteiger partial charge is 0.414 e. The van der Waals surface area contributed by atoms with Gasteiger partial charge < -0.3 is 15.0 Å². The molecular formula is C23H28FN7O2. The molecule has 0 bridgehead atoms. The van der Waals surface area contributed by atoms with E-state index in [1.165, 1.54) is 17.3 Å². The molecule has 1 atom stereocenters. The lowest BCUT2D eigenvalue weighted by molar-refractivity contribution is 0.123. The molecule has 2 heterocycles. The van der Waals surface area contributed by atoms with Crippen molar-refractivity contribution < 1.29 is 13.9 Å². The molecule has 0 spiro atoms. The van der Waals surface area contributed by atoms with E-state index in [2.05, 4.69) is 22.1 Å². The van der Waals surface area contributed by atoms with Gasteiger partial charge in [-0.15, -0.1) is 0 Å². The predicted molar refractivity (Wildman–Crippen MR) is 128 cm³/mol. The van der Waals surface area contributed by atoms with E-state index in [9.17, 15) is 9.18 Å². The number of pyridine rings is 1. The van der Waals surface area contributed by atoms with Gasteiger partial charge in [-0.1, -0.05) is 6.08 Å². The van der Waals surface area contributed by atoms with Crippen molar-refractivity contribution in [3.63, 3.8) is 0 Å². The third kappa shape index (κ3) is 5.72. The largest absolute Gasteiger partial charge is 0.442 e. The van der Waals surface area contributed by atoms with Gasteiger partial charge in [0.15, 0.2) is 0 Å². The van der Waals surface area contributed by atoms with Gasteiger partial charge in [0.1, 0.15) is 17.7 Å². The first-order valence-electron chi connectivity index (χ1n) is 10.5. The van der Waals surface area contributed by atoms with E-state index in [-0.39, 0.29) is 6.54 Å². The molecule has 2 aromatic rings. The number of carbonyl (C=O) groups excluding carboxylic acids is 1. The van der Waals surface area contributed by atoms with E-state index in [0.717, 1.165) is 0 Å². The summed E-state index contributed by atoms with van der Waals surface area (Å²) in [4.78, 5) is 19.8. The second-order valence-corrected chi connectivity index (χ2v) is 7.36. The molecule has 1 saturated heterocycles. The molecule has 1 aromatic heterocycles. The number of hydrogen-bond donors (Lipinski definition) is 2. The van der Waals surface area contributed by atoms with Gasteiger partial charge in [0.25, 0.3) is 0 Å². The second kappa shape index (κ2) is 11.2. The summed E-state index contributed by atoms with van der Waals surface area (Å²) in [6.07, 6.45) is 5.37. The number of allylic oxidation sites excluding steroid dienone is 1. The Morgan fingerprint density at radius 1 is 1.42 bits per heavy atom. The molecule has 1 aliphatic heterocycles. The van der Waals surface area contributed by atoms with Crippen molar-refractivity contribution in [2.75, 3.05) is 43.0 Å². The van der Waals surface area contributed by atoms with E-state index in [0.29, 0.717) is 42.3 Å². The number of likely N-dealkylation sites (N-methyl/N-ethyl adjacent to an activating group) is 1. The van der Waals surface area contributed by atoms with Crippen molar-refractivity contribution in [2.24, 2.45) is 5.10 Å². The Morgan fingerprint density at radius 2 is 2.24 bits per heavy atom. The summed E-state index contributed by atoms with van der Waals surface area (Å²) >= 11 is 0. The first-order chi connectivity index (χ1) is 16.0. The Kier molecular flexibility index (Phi) is 8.09. The Hall–Kier alpha value is -3.79. The van der Waals surface area contributed by atoms with Gasteiger partial charge >= 0.3 is 6.09 Å². The summed E-state index contributed by atoms with van der Waals surface area (Å²) in [7, 11) is 1.84. The van der Waals surface area contributed by atoms with Crippen LogP contribution in [0.1, 0.15) is 6.92 Å². The third-order valence-electron chi connectivity index (χ3n) is 5.14. The molecule has 1 fully saturated rings. The average Bonchev–Trinajstić information content (AvgIpc) is 3.19. The minimum absolute atomic E-state index is 0.281. The first-order valence-corrected chi connectivity index (χ1v) is 10.5. The van der Waals surface area contributed by atoms with Gasteiger partial charge in [0, 0.05) is 43.3 Å². The van der Waals surface area contributed by atoms with Crippen LogP contribution in [-0.4, -0.2) is 68.5 Å². The maximum absolute atomic E-state index is 15.0. The number of nitrogens with zero attached hydrogens (tertiary/aromatic N) is 5. The maximum atomic E-state index is 15.0. The van der Waals surface area contributed by atoms with Crippen molar-refractivity contribution >= 4 is 30.7 Å². The highest BCUT2D eigenvalue weighted by molar-refractivity contribution is 5.90. The average molecular weight is 454 g/mol. The summed E-state index contributed by atoms with van der Waals surface area (Å²) in [5.41, 5.74) is 1.38. The van der Waals surface area contributed by atoms with E-state index in [4.69, 9.17) is 10.1 Å². The lowest BCUT2D eigenvalue weighted by Gasteiger charge is -2.18. The number of ether oxygens (including phenoxy) is 1. The van der Waals surface area contributed by atoms with Gasteiger partial charge in [-0.3, -0.25) is 15.3 Å². The summed E-state index contributed by atoms with van der Waals surface area (Å²) in [6, 6.07) is 8.13. The fourth-order valence-electron chi connectivity index (χ4n) is 3.47. The molecule has 3 rings (SSSR count). The fraction of sp³-hybridized carbons (Fsp3) is 0.304. The number of hydrazone groups is 1. The molecule has 0 radical (unpaired) electrons. The van der Waals surface area contributed by atoms with Crippen molar-refractivity contribution in [1.29, 1.82) is 5.41 Å². The summed E-state index contributed by atoms with van der Waals surface area (Å²) in [6.45, 7) is 7.29. The standard InChI is InChI=1S/C23H28FN7O2/c1-4-10-30(27-3)14-19-15-31(23(32)33-19)18-6-7-20(21(24)12-18)17-5-8-22(28-13-17)29(16-25)11-9-26-2/h4-8,10,12-13,16,19,25-26H,3,9,11,14-15H2,1-2H3/b10-4-,25-16?. The van der Waals surface area contributed by atoms with Gasteiger partial charge in [0.2, 0.25) is 0 Å². The minimum atomic E-state index is -0.532. The van der Waals surface area contributed by atoms with Crippen LogP contribution in [0.2, 0.25) is 0 Å². The normalized spacial score (nSPS) is 15.5. The quantitative estimate of drug-likeness (QED) is 0.308. The number of cyclic esters (lactones) is 1. The molecule has 174 valence electrons. The van der Waals surface area contributed by atoms with Gasteiger partial charge in [-0.2, -0.15) is 5.10 Å². The van der Waals surface area contributed by atoms with Crippen molar-refractivity contribution in [3.05, 3.63) is 54.6 Å². The maximum Gasteiger partial charge on any atom is 0.414 e. The van der Waals surface area contributed by atoms with E-state index in [1.54, 1.807) is 46.6 Å². The van der Waals surface area contributed by atoms with Crippen LogP contribution in [0.25, 0.3) is 11.1 Å². The summed E-state index contributed by atoms with van der Waals surface area (Å²) in [5.74, 6) is 0.133. The number of nitrogens with one attached hydrogen (secondary N) is 2. The molecule has 10 heteroatoms. The van der Waals surface area contributed by atoms with E-state index < -0.39 is 18.0 Å². The first kappa shape index (κ1) is 23.9. The van der Waals surface area contributed by atoms with Gasteiger partial charge in [0.05, 0.1) is 25.1 Å². The Labute approximate surface area is 192 Å². The zero-order valence-electron chi connectivity index (χ0n) is 18.7. The Bertz CT molecular complexity index is 1010. The van der Waals surface area contributed by atoms with Crippen LogP contribution in [0.3, 0.4) is 0 Å². The van der Waals surface area contributed by atoms with Crippen molar-refractivity contribution in [2.45, 2.75) is 13.0 Å². The van der Waals surface area contributed by atoms with Crippen LogP contribution >= 0.6 is 0 Å². The number of carbonyl (C=O) groups is 1. The molecule has 1 aromatic carbocycles. The predicted octanol–water partition coefficient (Wildman–Crippen LogP) is 3.30. The Balaban J connectivity index is 1.73. The highest BCUT2D eigenvalue weighted by Gasteiger charge is 2.33. The monoisotopic (exact) mass is 453 g/mol. The third-order valence-corrected chi connectivity index (χ3v) is 5.14. The van der Waals surface area contributed by atoms with Crippen LogP contribution in [0, 0.1) is 11.2 Å². The fourth-order valence-corrected chi connectivity index (χ4v) is 3.47. The van der Waals surface area contributed by atoms with E-state index in [1.807, 2.05) is 20.0 Å². The van der Waals surface area contributed by atoms with Crippen LogP contribution in [0.15, 0.2) is 53.9 Å². The minimum Gasteiger partial charge on any atom is -0.442 e. The molecule has 2 N–H and O–H groups in total. The number of benzene rings is 1. The highest BCUT2D eigenvalue weighted by Crippen LogP contribution is 2.29. The van der Waals surface area contributed by atoms with E-state index >= 15 is 0 Å². The molecule has 1 amide bonds. The number of aromatic nitrogens is 1. The number of hydrogen-bond acceptors (Lipinski definition) is 7. The molecule has 1 unspecified atom stereocenters. The topological polar surface area (TPSA) is 97.1 Å².